The Morgan fingerprint density at radius 2 is 2.30 bits per heavy atom. The molecule has 2 heteroatoms. The Hall–Kier alpha value is -0.760. The van der Waals surface area contributed by atoms with Crippen molar-refractivity contribution in [2.45, 2.75) is 26.5 Å². The van der Waals surface area contributed by atoms with Crippen molar-refractivity contribution in [1.29, 1.82) is 0 Å². The fourth-order valence-corrected chi connectivity index (χ4v) is 0.874. The molecular weight excluding hydrogens is 126 g/mol. The molecule has 0 radical (unpaired) electrons. The van der Waals surface area contributed by atoms with Gasteiger partial charge in [-0.05, 0) is 25.5 Å². The molecule has 10 heavy (non-hydrogen) atoms. The van der Waals surface area contributed by atoms with Crippen LogP contribution < -0.4 is 0 Å². The molecule has 0 spiro atoms. The fraction of sp³-hybridized carbons (Fsp3) is 0.500. The van der Waals surface area contributed by atoms with E-state index in [1.165, 1.54) is 0 Å². The lowest BCUT2D eigenvalue weighted by atomic mass is 10.4. The maximum atomic E-state index is 8.72. The predicted molar refractivity (Wildman–Crippen MR) is 40.7 cm³/mol. The van der Waals surface area contributed by atoms with E-state index < -0.39 is 0 Å². The maximum Gasteiger partial charge on any atom is 0.0696 e. The van der Waals surface area contributed by atoms with Gasteiger partial charge in [-0.15, -0.1) is 0 Å². The van der Waals surface area contributed by atoms with Gasteiger partial charge in [-0.25, -0.2) is 0 Å². The van der Waals surface area contributed by atoms with Crippen LogP contribution >= 0.6 is 0 Å². The van der Waals surface area contributed by atoms with Crippen LogP contribution in [-0.4, -0.2) is 9.67 Å². The SMILES string of the molecule is CC(C)n1ccc(CO)c1. The summed E-state index contributed by atoms with van der Waals surface area (Å²) in [6.07, 6.45) is 3.95. The Bertz CT molecular complexity index is 203. The Labute approximate surface area is 61.1 Å². The number of nitrogens with zero attached hydrogens (tertiary/aromatic N) is 1. The van der Waals surface area contributed by atoms with Crippen molar-refractivity contribution < 1.29 is 5.11 Å². The minimum absolute atomic E-state index is 0.139. The molecule has 1 heterocycles. The summed E-state index contributed by atoms with van der Waals surface area (Å²) in [5.41, 5.74) is 0.980. The van der Waals surface area contributed by atoms with Gasteiger partial charge in [-0.1, -0.05) is 0 Å². The number of aromatic nitrogens is 1. The zero-order valence-electron chi connectivity index (χ0n) is 6.41. The predicted octanol–water partition coefficient (Wildman–Crippen LogP) is 1.56. The first kappa shape index (κ1) is 7.35. The van der Waals surface area contributed by atoms with E-state index in [1.807, 2.05) is 18.5 Å². The van der Waals surface area contributed by atoms with E-state index in [4.69, 9.17) is 5.11 Å². The van der Waals surface area contributed by atoms with Crippen molar-refractivity contribution >= 4 is 0 Å². The zero-order valence-corrected chi connectivity index (χ0v) is 6.41. The molecule has 0 saturated heterocycles. The van der Waals surface area contributed by atoms with Gasteiger partial charge in [0.05, 0.1) is 6.61 Å². The first-order valence-electron chi connectivity index (χ1n) is 3.51. The van der Waals surface area contributed by atoms with E-state index in [1.54, 1.807) is 0 Å². The van der Waals surface area contributed by atoms with Gasteiger partial charge in [-0.2, -0.15) is 0 Å². The van der Waals surface area contributed by atoms with Gasteiger partial charge in [0.15, 0.2) is 0 Å². The van der Waals surface area contributed by atoms with E-state index in [0.717, 1.165) is 5.56 Å². The summed E-state index contributed by atoms with van der Waals surface area (Å²) in [5, 5.41) is 8.72. The summed E-state index contributed by atoms with van der Waals surface area (Å²) >= 11 is 0. The summed E-state index contributed by atoms with van der Waals surface area (Å²) in [7, 11) is 0. The van der Waals surface area contributed by atoms with Gasteiger partial charge in [0.1, 0.15) is 0 Å². The van der Waals surface area contributed by atoms with Gasteiger partial charge in [-0.3, -0.25) is 0 Å². The number of rotatable bonds is 2. The van der Waals surface area contributed by atoms with Crippen LogP contribution in [0.15, 0.2) is 18.5 Å². The van der Waals surface area contributed by atoms with E-state index >= 15 is 0 Å². The van der Waals surface area contributed by atoms with Crippen LogP contribution in [-0.2, 0) is 6.61 Å². The van der Waals surface area contributed by atoms with Gasteiger partial charge in [0, 0.05) is 18.4 Å². The molecular formula is C8H13NO. The lowest BCUT2D eigenvalue weighted by molar-refractivity contribution is 0.281. The second-order valence-corrected chi connectivity index (χ2v) is 2.72. The highest BCUT2D eigenvalue weighted by molar-refractivity contribution is 5.09. The molecule has 0 saturated carbocycles. The highest BCUT2D eigenvalue weighted by Crippen LogP contribution is 2.07. The van der Waals surface area contributed by atoms with Crippen LogP contribution in [0, 0.1) is 0 Å². The molecule has 0 aliphatic carbocycles. The van der Waals surface area contributed by atoms with Crippen LogP contribution in [0.3, 0.4) is 0 Å². The molecule has 0 fully saturated rings. The van der Waals surface area contributed by atoms with Crippen molar-refractivity contribution in [2.24, 2.45) is 0 Å². The van der Waals surface area contributed by atoms with Crippen LogP contribution in [0.25, 0.3) is 0 Å². The molecule has 56 valence electrons. The third kappa shape index (κ3) is 1.39. The molecule has 0 unspecified atom stereocenters. The van der Waals surface area contributed by atoms with Crippen molar-refractivity contribution in [3.05, 3.63) is 24.0 Å². The van der Waals surface area contributed by atoms with E-state index in [-0.39, 0.29) is 6.61 Å². The highest BCUT2D eigenvalue weighted by Gasteiger charge is 1.96. The molecule has 1 rings (SSSR count). The molecule has 1 aromatic rings. The average Bonchev–Trinajstić information content (AvgIpc) is 2.34. The summed E-state index contributed by atoms with van der Waals surface area (Å²) < 4.78 is 2.07. The fourth-order valence-electron chi connectivity index (χ4n) is 0.874. The quantitative estimate of drug-likeness (QED) is 0.661. The number of hydrogen-bond acceptors (Lipinski definition) is 1. The Kier molecular flexibility index (Phi) is 2.12. The zero-order chi connectivity index (χ0) is 7.56. The molecule has 0 bridgehead atoms. The molecule has 1 N–H and O–H groups in total. The maximum absolute atomic E-state index is 8.72. The van der Waals surface area contributed by atoms with Gasteiger partial charge in [0.25, 0.3) is 0 Å². The highest BCUT2D eigenvalue weighted by atomic mass is 16.3. The first-order valence-corrected chi connectivity index (χ1v) is 3.51. The Balaban J connectivity index is 2.78. The second kappa shape index (κ2) is 2.88. The Morgan fingerprint density at radius 3 is 2.60 bits per heavy atom. The van der Waals surface area contributed by atoms with E-state index in [9.17, 15) is 0 Å². The van der Waals surface area contributed by atoms with Gasteiger partial charge in [0.2, 0.25) is 0 Å². The summed E-state index contributed by atoms with van der Waals surface area (Å²) in [5.74, 6) is 0. The summed E-state index contributed by atoms with van der Waals surface area (Å²) in [6.45, 7) is 4.36. The third-order valence-electron chi connectivity index (χ3n) is 1.55. The molecule has 2 nitrogen and oxygen atoms in total. The van der Waals surface area contributed by atoms with E-state index in [0.29, 0.717) is 6.04 Å². The minimum Gasteiger partial charge on any atom is -0.392 e. The molecule has 1 aromatic heterocycles. The standard InChI is InChI=1S/C8H13NO/c1-7(2)9-4-3-8(5-9)6-10/h3-5,7,10H,6H2,1-2H3. The average molecular weight is 139 g/mol. The smallest absolute Gasteiger partial charge is 0.0696 e. The van der Waals surface area contributed by atoms with Gasteiger partial charge >= 0.3 is 0 Å². The number of aliphatic hydroxyl groups excluding tert-OH is 1. The molecule has 0 amide bonds. The lowest BCUT2D eigenvalue weighted by Crippen LogP contribution is -1.95. The van der Waals surface area contributed by atoms with Crippen LogP contribution in [0.4, 0.5) is 0 Å². The second-order valence-electron chi connectivity index (χ2n) is 2.72. The van der Waals surface area contributed by atoms with Crippen LogP contribution in [0.2, 0.25) is 0 Å². The monoisotopic (exact) mass is 139 g/mol. The number of hydrogen-bond donors (Lipinski definition) is 1. The first-order chi connectivity index (χ1) is 4.74. The van der Waals surface area contributed by atoms with Crippen molar-refractivity contribution in [1.82, 2.24) is 4.57 Å². The normalized spacial score (nSPS) is 10.8. The summed E-state index contributed by atoms with van der Waals surface area (Å²) in [6, 6.07) is 2.42. The van der Waals surface area contributed by atoms with Crippen molar-refractivity contribution in [3.8, 4) is 0 Å². The van der Waals surface area contributed by atoms with Crippen LogP contribution in [0.5, 0.6) is 0 Å². The number of aliphatic hydroxyl groups is 1. The lowest BCUT2D eigenvalue weighted by Gasteiger charge is -2.04. The molecule has 0 aromatic carbocycles. The van der Waals surface area contributed by atoms with E-state index in [2.05, 4.69) is 18.4 Å². The van der Waals surface area contributed by atoms with Crippen molar-refractivity contribution in [3.63, 3.8) is 0 Å². The minimum atomic E-state index is 0.139. The van der Waals surface area contributed by atoms with Crippen molar-refractivity contribution in [2.75, 3.05) is 0 Å². The topological polar surface area (TPSA) is 25.2 Å². The Morgan fingerprint density at radius 1 is 1.60 bits per heavy atom. The van der Waals surface area contributed by atoms with Crippen LogP contribution in [0.1, 0.15) is 25.5 Å². The molecule has 0 aliphatic heterocycles. The molecule has 0 atom stereocenters. The largest absolute Gasteiger partial charge is 0.392 e. The molecule has 0 aliphatic rings. The summed E-state index contributed by atoms with van der Waals surface area (Å²) in [4.78, 5) is 0. The van der Waals surface area contributed by atoms with Gasteiger partial charge < -0.3 is 9.67 Å². The third-order valence-corrected chi connectivity index (χ3v) is 1.55.